The first kappa shape index (κ1) is 12.8. The highest BCUT2D eigenvalue weighted by atomic mass is 35.5. The molecule has 0 bridgehead atoms. The van der Waals surface area contributed by atoms with Crippen LogP contribution in [0.1, 0.15) is 17.2 Å². The van der Waals surface area contributed by atoms with Crippen molar-refractivity contribution in [3.63, 3.8) is 0 Å². The molecule has 1 aromatic rings. The van der Waals surface area contributed by atoms with Crippen LogP contribution in [-0.4, -0.2) is 42.8 Å². The molecule has 0 amide bonds. The van der Waals surface area contributed by atoms with Crippen LogP contribution in [0.4, 0.5) is 0 Å². The van der Waals surface area contributed by atoms with Gasteiger partial charge >= 0.3 is 0 Å². The van der Waals surface area contributed by atoms with Gasteiger partial charge in [0, 0.05) is 31.2 Å². The van der Waals surface area contributed by atoms with Gasteiger partial charge in [-0.1, -0.05) is 23.7 Å². The quantitative estimate of drug-likeness (QED) is 0.860. The van der Waals surface area contributed by atoms with Gasteiger partial charge in [-0.25, -0.2) is 0 Å². The zero-order valence-electron chi connectivity index (χ0n) is 10.1. The van der Waals surface area contributed by atoms with Crippen LogP contribution in [0, 0.1) is 6.92 Å². The Balaban J connectivity index is 2.18. The Labute approximate surface area is 107 Å². The van der Waals surface area contributed by atoms with Crippen molar-refractivity contribution < 1.29 is 5.11 Å². The highest BCUT2D eigenvalue weighted by Crippen LogP contribution is 2.25. The molecule has 0 saturated carbocycles. The molecule has 3 nitrogen and oxygen atoms in total. The van der Waals surface area contributed by atoms with Crippen LogP contribution < -0.4 is 5.32 Å². The second kappa shape index (κ2) is 5.83. The molecule has 1 aliphatic heterocycles. The van der Waals surface area contributed by atoms with E-state index in [4.69, 9.17) is 11.6 Å². The molecule has 0 aromatic heterocycles. The van der Waals surface area contributed by atoms with Crippen LogP contribution in [-0.2, 0) is 0 Å². The molecular formula is C13H19ClN2O. The van der Waals surface area contributed by atoms with Crippen LogP contribution in [0.25, 0.3) is 0 Å². The number of aliphatic hydroxyl groups is 1. The number of hydrogen-bond donors (Lipinski definition) is 2. The number of nitrogens with zero attached hydrogens (tertiary/aromatic N) is 1. The lowest BCUT2D eigenvalue weighted by Gasteiger charge is -2.34. The third-order valence-electron chi connectivity index (χ3n) is 3.35. The van der Waals surface area contributed by atoms with Crippen LogP contribution >= 0.6 is 11.6 Å². The minimum atomic E-state index is 0.0650. The molecular weight excluding hydrogens is 236 g/mol. The number of halogens is 1. The van der Waals surface area contributed by atoms with Crippen molar-refractivity contribution >= 4 is 11.6 Å². The predicted molar refractivity (Wildman–Crippen MR) is 70.5 cm³/mol. The number of hydrogen-bond acceptors (Lipinski definition) is 3. The van der Waals surface area contributed by atoms with Gasteiger partial charge in [0.2, 0.25) is 0 Å². The summed E-state index contributed by atoms with van der Waals surface area (Å²) < 4.78 is 0. The lowest BCUT2D eigenvalue weighted by atomic mass is 10.0. The number of rotatable bonds is 3. The van der Waals surface area contributed by atoms with Crippen LogP contribution in [0.15, 0.2) is 18.2 Å². The van der Waals surface area contributed by atoms with Crippen LogP contribution in [0.5, 0.6) is 0 Å². The van der Waals surface area contributed by atoms with E-state index in [0.717, 1.165) is 42.3 Å². The second-order valence-electron chi connectivity index (χ2n) is 4.49. The SMILES string of the molecule is Cc1ccc([C@H](CO)N2CCNCC2)cc1Cl. The fourth-order valence-electron chi connectivity index (χ4n) is 2.24. The van der Waals surface area contributed by atoms with Gasteiger partial charge in [-0.05, 0) is 24.1 Å². The van der Waals surface area contributed by atoms with Crippen LogP contribution in [0.3, 0.4) is 0 Å². The summed E-state index contributed by atoms with van der Waals surface area (Å²) in [6.07, 6.45) is 0. The molecule has 1 aromatic carbocycles. The molecule has 17 heavy (non-hydrogen) atoms. The molecule has 1 saturated heterocycles. The summed E-state index contributed by atoms with van der Waals surface area (Å²) in [6.45, 7) is 6.03. The van der Waals surface area contributed by atoms with Gasteiger partial charge in [-0.15, -0.1) is 0 Å². The first-order valence-corrected chi connectivity index (χ1v) is 6.42. The Hall–Kier alpha value is -0.610. The van der Waals surface area contributed by atoms with E-state index in [1.807, 2.05) is 19.1 Å². The number of piperazine rings is 1. The van der Waals surface area contributed by atoms with Gasteiger partial charge in [0.15, 0.2) is 0 Å². The molecule has 94 valence electrons. The molecule has 2 rings (SSSR count). The standard InChI is InChI=1S/C13H19ClN2O/c1-10-2-3-11(8-12(10)14)13(9-17)16-6-4-15-5-7-16/h2-3,8,13,15,17H,4-7,9H2,1H3/t13-/m0/s1. The summed E-state index contributed by atoms with van der Waals surface area (Å²) in [5.74, 6) is 0. The van der Waals surface area contributed by atoms with Gasteiger partial charge in [0.1, 0.15) is 0 Å². The third kappa shape index (κ3) is 2.99. The Morgan fingerprint density at radius 2 is 2.12 bits per heavy atom. The number of nitrogens with one attached hydrogen (secondary N) is 1. The van der Waals surface area contributed by atoms with Crippen molar-refractivity contribution in [2.24, 2.45) is 0 Å². The fraction of sp³-hybridized carbons (Fsp3) is 0.538. The van der Waals surface area contributed by atoms with E-state index in [1.54, 1.807) is 0 Å². The van der Waals surface area contributed by atoms with Crippen molar-refractivity contribution in [3.8, 4) is 0 Å². The fourth-order valence-corrected chi connectivity index (χ4v) is 2.43. The normalized spacial score (nSPS) is 19.2. The molecule has 1 heterocycles. The number of aliphatic hydroxyl groups excluding tert-OH is 1. The Bertz CT molecular complexity index is 378. The highest BCUT2D eigenvalue weighted by Gasteiger charge is 2.21. The molecule has 0 spiro atoms. The van der Waals surface area contributed by atoms with E-state index in [2.05, 4.69) is 16.3 Å². The van der Waals surface area contributed by atoms with Gasteiger partial charge < -0.3 is 10.4 Å². The second-order valence-corrected chi connectivity index (χ2v) is 4.90. The lowest BCUT2D eigenvalue weighted by molar-refractivity contribution is 0.111. The van der Waals surface area contributed by atoms with Crippen molar-refractivity contribution in [1.82, 2.24) is 10.2 Å². The third-order valence-corrected chi connectivity index (χ3v) is 3.75. The van der Waals surface area contributed by atoms with Crippen molar-refractivity contribution in [1.29, 1.82) is 0 Å². The van der Waals surface area contributed by atoms with E-state index in [-0.39, 0.29) is 12.6 Å². The Kier molecular flexibility index (Phi) is 4.40. The molecule has 4 heteroatoms. The van der Waals surface area contributed by atoms with Crippen molar-refractivity contribution in [3.05, 3.63) is 34.3 Å². The van der Waals surface area contributed by atoms with E-state index in [0.29, 0.717) is 0 Å². The summed E-state index contributed by atoms with van der Waals surface area (Å²) in [6, 6.07) is 6.11. The maximum atomic E-state index is 9.59. The lowest BCUT2D eigenvalue weighted by Crippen LogP contribution is -2.46. The summed E-state index contributed by atoms with van der Waals surface area (Å²) in [5.41, 5.74) is 2.18. The maximum absolute atomic E-state index is 9.59. The first-order chi connectivity index (χ1) is 8.22. The zero-order valence-corrected chi connectivity index (χ0v) is 10.9. The molecule has 0 unspecified atom stereocenters. The van der Waals surface area contributed by atoms with Crippen molar-refractivity contribution in [2.45, 2.75) is 13.0 Å². The summed E-state index contributed by atoms with van der Waals surface area (Å²) in [4.78, 5) is 2.30. The van der Waals surface area contributed by atoms with Crippen LogP contribution in [0.2, 0.25) is 5.02 Å². The number of benzene rings is 1. The van der Waals surface area contributed by atoms with E-state index in [9.17, 15) is 5.11 Å². The van der Waals surface area contributed by atoms with Gasteiger partial charge in [0.05, 0.1) is 12.6 Å². The average molecular weight is 255 g/mol. The number of aryl methyl sites for hydroxylation is 1. The Morgan fingerprint density at radius 1 is 1.41 bits per heavy atom. The molecule has 2 N–H and O–H groups in total. The maximum Gasteiger partial charge on any atom is 0.0628 e. The predicted octanol–water partition coefficient (Wildman–Crippen LogP) is 1.59. The van der Waals surface area contributed by atoms with E-state index in [1.165, 1.54) is 0 Å². The summed E-state index contributed by atoms with van der Waals surface area (Å²) in [5, 5.41) is 13.7. The molecule has 0 radical (unpaired) electrons. The molecule has 0 aliphatic carbocycles. The first-order valence-electron chi connectivity index (χ1n) is 6.04. The van der Waals surface area contributed by atoms with Gasteiger partial charge in [0.25, 0.3) is 0 Å². The monoisotopic (exact) mass is 254 g/mol. The largest absolute Gasteiger partial charge is 0.394 e. The van der Waals surface area contributed by atoms with E-state index < -0.39 is 0 Å². The smallest absolute Gasteiger partial charge is 0.0628 e. The van der Waals surface area contributed by atoms with Crippen molar-refractivity contribution in [2.75, 3.05) is 32.8 Å². The minimum absolute atomic E-state index is 0.0650. The highest BCUT2D eigenvalue weighted by molar-refractivity contribution is 6.31. The topological polar surface area (TPSA) is 35.5 Å². The Morgan fingerprint density at radius 3 is 2.71 bits per heavy atom. The average Bonchev–Trinajstić information content (AvgIpc) is 2.36. The molecule has 1 fully saturated rings. The molecule has 1 atom stereocenters. The summed E-state index contributed by atoms with van der Waals surface area (Å²) in [7, 11) is 0. The molecule has 1 aliphatic rings. The van der Waals surface area contributed by atoms with Gasteiger partial charge in [-0.2, -0.15) is 0 Å². The summed E-state index contributed by atoms with van der Waals surface area (Å²) >= 11 is 6.14. The van der Waals surface area contributed by atoms with E-state index >= 15 is 0 Å². The zero-order chi connectivity index (χ0) is 12.3. The van der Waals surface area contributed by atoms with Gasteiger partial charge in [-0.3, -0.25) is 4.90 Å². The minimum Gasteiger partial charge on any atom is -0.394 e.